The zero-order chi connectivity index (χ0) is 12.1. The zero-order valence-electron chi connectivity index (χ0n) is 11.2. The summed E-state index contributed by atoms with van der Waals surface area (Å²) in [4.78, 5) is 2.17. The lowest BCUT2D eigenvalue weighted by Crippen LogP contribution is -2.21. The molecule has 2 heteroatoms. The number of hydrogen-bond donors (Lipinski definition) is 1. The zero-order valence-corrected chi connectivity index (χ0v) is 11.2. The summed E-state index contributed by atoms with van der Waals surface area (Å²) in [7, 11) is 4.19. The quantitative estimate of drug-likeness (QED) is 0.821. The SMILES string of the molecule is Cc1ccc(N(C)C)c(CNCC(C)C)c1. The van der Waals surface area contributed by atoms with Crippen molar-refractivity contribution in [2.45, 2.75) is 27.3 Å². The van der Waals surface area contributed by atoms with Crippen LogP contribution in [0.2, 0.25) is 0 Å². The molecule has 90 valence electrons. The van der Waals surface area contributed by atoms with E-state index in [-0.39, 0.29) is 0 Å². The monoisotopic (exact) mass is 220 g/mol. The van der Waals surface area contributed by atoms with Crippen LogP contribution in [-0.4, -0.2) is 20.6 Å². The third-order valence-corrected chi connectivity index (χ3v) is 2.58. The molecule has 1 N–H and O–H groups in total. The number of anilines is 1. The molecule has 0 spiro atoms. The van der Waals surface area contributed by atoms with E-state index < -0.39 is 0 Å². The summed E-state index contributed by atoms with van der Waals surface area (Å²) >= 11 is 0. The second-order valence-corrected chi connectivity index (χ2v) is 5.05. The Morgan fingerprint density at radius 3 is 2.50 bits per heavy atom. The Kier molecular flexibility index (Phi) is 4.81. The molecular formula is C14H24N2. The maximum Gasteiger partial charge on any atom is 0.0406 e. The smallest absolute Gasteiger partial charge is 0.0406 e. The summed E-state index contributed by atoms with van der Waals surface area (Å²) in [6, 6.07) is 6.63. The van der Waals surface area contributed by atoms with E-state index in [0.717, 1.165) is 13.1 Å². The summed E-state index contributed by atoms with van der Waals surface area (Å²) in [5, 5.41) is 3.50. The van der Waals surface area contributed by atoms with Gasteiger partial charge in [0.25, 0.3) is 0 Å². The number of rotatable bonds is 5. The van der Waals surface area contributed by atoms with Crippen molar-refractivity contribution >= 4 is 5.69 Å². The molecule has 0 aliphatic rings. The molecule has 1 aromatic rings. The van der Waals surface area contributed by atoms with E-state index in [1.54, 1.807) is 0 Å². The van der Waals surface area contributed by atoms with Crippen molar-refractivity contribution in [2.75, 3.05) is 25.5 Å². The van der Waals surface area contributed by atoms with Crippen molar-refractivity contribution < 1.29 is 0 Å². The molecule has 0 atom stereocenters. The van der Waals surface area contributed by atoms with Gasteiger partial charge in [0.1, 0.15) is 0 Å². The maximum absolute atomic E-state index is 3.50. The number of nitrogens with one attached hydrogen (secondary N) is 1. The molecule has 2 nitrogen and oxygen atoms in total. The highest BCUT2D eigenvalue weighted by atomic mass is 15.1. The van der Waals surface area contributed by atoms with Crippen molar-refractivity contribution in [3.8, 4) is 0 Å². The van der Waals surface area contributed by atoms with Gasteiger partial charge in [0.2, 0.25) is 0 Å². The highest BCUT2D eigenvalue weighted by molar-refractivity contribution is 5.53. The van der Waals surface area contributed by atoms with E-state index in [0.29, 0.717) is 5.92 Å². The van der Waals surface area contributed by atoms with E-state index >= 15 is 0 Å². The largest absolute Gasteiger partial charge is 0.377 e. The van der Waals surface area contributed by atoms with E-state index in [2.05, 4.69) is 63.3 Å². The molecule has 0 fully saturated rings. The molecule has 1 rings (SSSR count). The first-order chi connectivity index (χ1) is 7.50. The Bertz CT molecular complexity index is 330. The van der Waals surface area contributed by atoms with E-state index in [4.69, 9.17) is 0 Å². The van der Waals surface area contributed by atoms with Gasteiger partial charge in [-0.1, -0.05) is 31.5 Å². The summed E-state index contributed by atoms with van der Waals surface area (Å²) in [5.41, 5.74) is 4.01. The number of aryl methyl sites for hydroxylation is 1. The van der Waals surface area contributed by atoms with Crippen molar-refractivity contribution in [3.63, 3.8) is 0 Å². The predicted molar refractivity (Wildman–Crippen MR) is 72.1 cm³/mol. The first-order valence-electron chi connectivity index (χ1n) is 5.98. The van der Waals surface area contributed by atoms with Crippen molar-refractivity contribution in [1.29, 1.82) is 0 Å². The van der Waals surface area contributed by atoms with E-state index in [1.807, 2.05) is 0 Å². The van der Waals surface area contributed by atoms with Gasteiger partial charge in [-0.2, -0.15) is 0 Å². The van der Waals surface area contributed by atoms with Gasteiger partial charge in [-0.25, -0.2) is 0 Å². The minimum Gasteiger partial charge on any atom is -0.377 e. The van der Waals surface area contributed by atoms with E-state index in [9.17, 15) is 0 Å². The highest BCUT2D eigenvalue weighted by Crippen LogP contribution is 2.19. The van der Waals surface area contributed by atoms with Gasteiger partial charge >= 0.3 is 0 Å². The fourth-order valence-electron chi connectivity index (χ4n) is 1.79. The van der Waals surface area contributed by atoms with Gasteiger partial charge in [-0.3, -0.25) is 0 Å². The molecular weight excluding hydrogens is 196 g/mol. The van der Waals surface area contributed by atoms with Crippen LogP contribution in [0.4, 0.5) is 5.69 Å². The van der Waals surface area contributed by atoms with Crippen LogP contribution in [0.3, 0.4) is 0 Å². The number of benzene rings is 1. The van der Waals surface area contributed by atoms with E-state index in [1.165, 1.54) is 16.8 Å². The van der Waals surface area contributed by atoms with Crippen LogP contribution in [0.15, 0.2) is 18.2 Å². The Labute approximate surface area is 99.7 Å². The molecule has 0 saturated heterocycles. The fourth-order valence-corrected chi connectivity index (χ4v) is 1.79. The molecule has 0 unspecified atom stereocenters. The first kappa shape index (κ1) is 13.0. The molecule has 0 radical (unpaired) electrons. The molecule has 1 aromatic carbocycles. The van der Waals surface area contributed by atoms with Crippen LogP contribution in [-0.2, 0) is 6.54 Å². The summed E-state index contributed by atoms with van der Waals surface area (Å²) in [5.74, 6) is 0.701. The van der Waals surface area contributed by atoms with Crippen LogP contribution >= 0.6 is 0 Å². The molecule has 0 heterocycles. The molecule has 0 aliphatic carbocycles. The van der Waals surface area contributed by atoms with Crippen molar-refractivity contribution in [1.82, 2.24) is 5.32 Å². The lowest BCUT2D eigenvalue weighted by Gasteiger charge is -2.19. The Hall–Kier alpha value is -1.02. The minimum absolute atomic E-state index is 0.701. The van der Waals surface area contributed by atoms with Crippen LogP contribution < -0.4 is 10.2 Å². The van der Waals surface area contributed by atoms with Gasteiger partial charge < -0.3 is 10.2 Å². The predicted octanol–water partition coefficient (Wildman–Crippen LogP) is 2.81. The molecule has 0 saturated carbocycles. The first-order valence-corrected chi connectivity index (χ1v) is 5.98. The Morgan fingerprint density at radius 1 is 1.25 bits per heavy atom. The average Bonchev–Trinajstić information content (AvgIpc) is 2.16. The minimum atomic E-state index is 0.701. The average molecular weight is 220 g/mol. The van der Waals surface area contributed by atoms with Crippen molar-refractivity contribution in [2.24, 2.45) is 5.92 Å². The van der Waals surface area contributed by atoms with Crippen LogP contribution in [0.25, 0.3) is 0 Å². The maximum atomic E-state index is 3.50. The standard InChI is InChI=1S/C14H24N2/c1-11(2)9-15-10-13-8-12(3)6-7-14(13)16(4)5/h6-8,11,15H,9-10H2,1-5H3. The lowest BCUT2D eigenvalue weighted by molar-refractivity contribution is 0.552. The lowest BCUT2D eigenvalue weighted by atomic mass is 10.1. The van der Waals surface area contributed by atoms with Gasteiger partial charge in [-0.15, -0.1) is 0 Å². The number of nitrogens with zero attached hydrogens (tertiary/aromatic N) is 1. The summed E-state index contributed by atoms with van der Waals surface area (Å²) in [6.45, 7) is 8.63. The molecule has 0 amide bonds. The van der Waals surface area contributed by atoms with Gasteiger partial charge in [-0.05, 0) is 31.0 Å². The van der Waals surface area contributed by atoms with Crippen LogP contribution in [0.5, 0.6) is 0 Å². The fraction of sp³-hybridized carbons (Fsp3) is 0.571. The third kappa shape index (κ3) is 3.86. The molecule has 16 heavy (non-hydrogen) atoms. The summed E-state index contributed by atoms with van der Waals surface area (Å²) in [6.07, 6.45) is 0. The Morgan fingerprint density at radius 2 is 1.94 bits per heavy atom. The summed E-state index contributed by atoms with van der Waals surface area (Å²) < 4.78 is 0. The topological polar surface area (TPSA) is 15.3 Å². The van der Waals surface area contributed by atoms with Crippen LogP contribution in [0, 0.1) is 12.8 Å². The molecule has 0 aromatic heterocycles. The van der Waals surface area contributed by atoms with Gasteiger partial charge in [0, 0.05) is 26.3 Å². The number of hydrogen-bond acceptors (Lipinski definition) is 2. The second-order valence-electron chi connectivity index (χ2n) is 5.05. The Balaban J connectivity index is 2.72. The van der Waals surface area contributed by atoms with Gasteiger partial charge in [0.05, 0.1) is 0 Å². The highest BCUT2D eigenvalue weighted by Gasteiger charge is 2.04. The normalized spacial score (nSPS) is 10.9. The molecule has 0 bridgehead atoms. The second kappa shape index (κ2) is 5.90. The van der Waals surface area contributed by atoms with Gasteiger partial charge in [0.15, 0.2) is 0 Å². The third-order valence-electron chi connectivity index (χ3n) is 2.58. The molecule has 0 aliphatic heterocycles. The van der Waals surface area contributed by atoms with Crippen LogP contribution in [0.1, 0.15) is 25.0 Å². The van der Waals surface area contributed by atoms with Crippen molar-refractivity contribution in [3.05, 3.63) is 29.3 Å².